The van der Waals surface area contributed by atoms with E-state index in [1.165, 1.54) is 50.4 Å². The van der Waals surface area contributed by atoms with Crippen LogP contribution < -0.4 is 4.74 Å². The van der Waals surface area contributed by atoms with Crippen LogP contribution in [0, 0.1) is 6.92 Å². The van der Waals surface area contributed by atoms with E-state index in [-0.39, 0.29) is 16.9 Å². The molecular weight excluding hydrogens is 281 g/mol. The van der Waals surface area contributed by atoms with Crippen molar-refractivity contribution in [1.82, 2.24) is 0 Å². The van der Waals surface area contributed by atoms with Gasteiger partial charge in [-0.2, -0.15) is 13.2 Å². The second kappa shape index (κ2) is 5.41. The fourth-order valence-corrected chi connectivity index (χ4v) is 2.37. The highest BCUT2D eigenvalue weighted by atomic mass is 19.4. The van der Waals surface area contributed by atoms with Crippen molar-refractivity contribution >= 4 is 0 Å². The maximum Gasteiger partial charge on any atom is 0.425 e. The van der Waals surface area contributed by atoms with E-state index in [1.54, 1.807) is 12.1 Å². The SMILES string of the molecule is COc1ccccc1C(O)(c1ccccc1C)C(F)(F)F. The molecule has 0 saturated carbocycles. The standard InChI is InChI=1S/C16H15F3O2/c1-11-7-3-4-8-12(11)15(20,16(17,18)19)13-9-5-6-10-14(13)21-2/h3-10,20H,1-2H3. The Morgan fingerprint density at radius 3 is 1.95 bits per heavy atom. The molecule has 112 valence electrons. The highest BCUT2D eigenvalue weighted by Crippen LogP contribution is 2.47. The number of aryl methyl sites for hydroxylation is 1. The number of para-hydroxylation sites is 1. The number of aliphatic hydroxyl groups is 1. The molecule has 0 aromatic heterocycles. The Balaban J connectivity index is 2.78. The number of alkyl halides is 3. The highest BCUT2D eigenvalue weighted by molar-refractivity contribution is 5.48. The Bertz CT molecular complexity index is 637. The van der Waals surface area contributed by atoms with Crippen molar-refractivity contribution in [2.75, 3.05) is 7.11 Å². The second-order valence-corrected chi connectivity index (χ2v) is 4.72. The lowest BCUT2D eigenvalue weighted by Gasteiger charge is -2.33. The Morgan fingerprint density at radius 1 is 0.905 bits per heavy atom. The summed E-state index contributed by atoms with van der Waals surface area (Å²) < 4.78 is 46.0. The van der Waals surface area contributed by atoms with E-state index in [2.05, 4.69) is 0 Å². The minimum absolute atomic E-state index is 0.0134. The monoisotopic (exact) mass is 296 g/mol. The van der Waals surface area contributed by atoms with Crippen LogP contribution in [0.1, 0.15) is 16.7 Å². The van der Waals surface area contributed by atoms with E-state index in [9.17, 15) is 18.3 Å². The van der Waals surface area contributed by atoms with Gasteiger partial charge < -0.3 is 9.84 Å². The average Bonchev–Trinajstić information content (AvgIpc) is 2.45. The van der Waals surface area contributed by atoms with Gasteiger partial charge in [-0.15, -0.1) is 0 Å². The molecule has 2 rings (SSSR count). The van der Waals surface area contributed by atoms with Crippen LogP contribution in [0.3, 0.4) is 0 Å². The summed E-state index contributed by atoms with van der Waals surface area (Å²) in [6.07, 6.45) is -4.88. The van der Waals surface area contributed by atoms with Crippen molar-refractivity contribution in [2.24, 2.45) is 0 Å². The maximum absolute atomic E-state index is 13.7. The van der Waals surface area contributed by atoms with Crippen LogP contribution >= 0.6 is 0 Å². The number of halogens is 3. The summed E-state index contributed by atoms with van der Waals surface area (Å²) in [6, 6.07) is 11.5. The molecule has 1 unspecified atom stereocenters. The van der Waals surface area contributed by atoms with Gasteiger partial charge in [0.25, 0.3) is 0 Å². The Morgan fingerprint density at radius 2 is 1.43 bits per heavy atom. The number of hydrogen-bond acceptors (Lipinski definition) is 2. The molecule has 0 bridgehead atoms. The lowest BCUT2D eigenvalue weighted by Crippen LogP contribution is -2.44. The van der Waals surface area contributed by atoms with Crippen LogP contribution in [0.25, 0.3) is 0 Å². The second-order valence-electron chi connectivity index (χ2n) is 4.72. The summed E-state index contributed by atoms with van der Waals surface area (Å²) >= 11 is 0. The van der Waals surface area contributed by atoms with E-state index < -0.39 is 11.8 Å². The van der Waals surface area contributed by atoms with E-state index in [0.29, 0.717) is 5.56 Å². The molecule has 1 atom stereocenters. The van der Waals surface area contributed by atoms with Crippen molar-refractivity contribution in [1.29, 1.82) is 0 Å². The zero-order valence-corrected chi connectivity index (χ0v) is 11.6. The van der Waals surface area contributed by atoms with Gasteiger partial charge >= 0.3 is 6.18 Å². The highest BCUT2D eigenvalue weighted by Gasteiger charge is 2.58. The molecule has 21 heavy (non-hydrogen) atoms. The molecule has 1 N–H and O–H groups in total. The molecule has 0 radical (unpaired) electrons. The maximum atomic E-state index is 13.7. The number of ether oxygens (including phenoxy) is 1. The topological polar surface area (TPSA) is 29.5 Å². The summed E-state index contributed by atoms with van der Waals surface area (Å²) in [7, 11) is 1.27. The molecule has 0 fully saturated rings. The minimum atomic E-state index is -4.88. The van der Waals surface area contributed by atoms with Crippen molar-refractivity contribution in [2.45, 2.75) is 18.7 Å². The third kappa shape index (κ3) is 2.49. The third-order valence-electron chi connectivity index (χ3n) is 3.44. The first kappa shape index (κ1) is 15.4. The van der Waals surface area contributed by atoms with Crippen LogP contribution in [0.5, 0.6) is 5.75 Å². The van der Waals surface area contributed by atoms with Gasteiger partial charge in [0.05, 0.1) is 7.11 Å². The number of hydrogen-bond donors (Lipinski definition) is 1. The van der Waals surface area contributed by atoms with E-state index in [1.807, 2.05) is 0 Å². The zero-order valence-electron chi connectivity index (χ0n) is 11.6. The molecule has 0 heterocycles. The fraction of sp³-hybridized carbons (Fsp3) is 0.250. The smallest absolute Gasteiger partial charge is 0.425 e. The Hall–Kier alpha value is -2.01. The molecule has 0 aliphatic heterocycles. The van der Waals surface area contributed by atoms with Gasteiger partial charge in [-0.3, -0.25) is 0 Å². The van der Waals surface area contributed by atoms with Crippen LogP contribution in [-0.4, -0.2) is 18.4 Å². The minimum Gasteiger partial charge on any atom is -0.496 e. The van der Waals surface area contributed by atoms with Crippen molar-refractivity contribution in [3.63, 3.8) is 0 Å². The molecule has 0 amide bonds. The zero-order chi connectivity index (χ0) is 15.7. The van der Waals surface area contributed by atoms with Crippen molar-refractivity contribution < 1.29 is 23.0 Å². The molecule has 2 aromatic carbocycles. The Kier molecular flexibility index (Phi) is 3.96. The summed E-state index contributed by atoms with van der Waals surface area (Å²) in [4.78, 5) is 0. The lowest BCUT2D eigenvalue weighted by atomic mass is 9.83. The number of rotatable bonds is 3. The first-order valence-corrected chi connectivity index (χ1v) is 6.31. The van der Waals surface area contributed by atoms with Crippen LogP contribution in [0.4, 0.5) is 13.2 Å². The molecular formula is C16H15F3O2. The molecule has 2 nitrogen and oxygen atoms in total. The molecule has 0 spiro atoms. The summed E-state index contributed by atoms with van der Waals surface area (Å²) in [5, 5.41) is 10.6. The average molecular weight is 296 g/mol. The van der Waals surface area contributed by atoms with Crippen LogP contribution in [0.15, 0.2) is 48.5 Å². The lowest BCUT2D eigenvalue weighted by molar-refractivity contribution is -0.249. The number of methoxy groups -OCH3 is 1. The normalized spacial score (nSPS) is 14.6. The van der Waals surface area contributed by atoms with Crippen LogP contribution in [-0.2, 0) is 5.60 Å². The molecule has 0 aliphatic carbocycles. The molecule has 2 aromatic rings. The first-order chi connectivity index (χ1) is 9.82. The predicted octanol–water partition coefficient (Wildman–Crippen LogP) is 3.80. The molecule has 5 heteroatoms. The van der Waals surface area contributed by atoms with E-state index in [4.69, 9.17) is 4.74 Å². The molecule has 0 saturated heterocycles. The summed E-state index contributed by atoms with van der Waals surface area (Å²) in [5.41, 5.74) is -3.30. The van der Waals surface area contributed by atoms with Gasteiger partial charge in [-0.05, 0) is 18.6 Å². The van der Waals surface area contributed by atoms with Gasteiger partial charge in [-0.1, -0.05) is 42.5 Å². The first-order valence-electron chi connectivity index (χ1n) is 6.31. The van der Waals surface area contributed by atoms with Crippen molar-refractivity contribution in [3.05, 3.63) is 65.2 Å². The third-order valence-corrected chi connectivity index (χ3v) is 3.44. The van der Waals surface area contributed by atoms with E-state index >= 15 is 0 Å². The largest absolute Gasteiger partial charge is 0.496 e. The van der Waals surface area contributed by atoms with Gasteiger partial charge in [0.2, 0.25) is 5.60 Å². The fourth-order valence-electron chi connectivity index (χ4n) is 2.37. The molecule has 0 aliphatic rings. The van der Waals surface area contributed by atoms with Gasteiger partial charge in [0.1, 0.15) is 5.75 Å². The van der Waals surface area contributed by atoms with Gasteiger partial charge in [0.15, 0.2) is 0 Å². The Labute approximate surface area is 120 Å². The van der Waals surface area contributed by atoms with Crippen molar-refractivity contribution in [3.8, 4) is 5.75 Å². The number of benzene rings is 2. The van der Waals surface area contributed by atoms with Gasteiger partial charge in [0, 0.05) is 11.1 Å². The summed E-state index contributed by atoms with van der Waals surface area (Å²) in [5.74, 6) is -0.0134. The van der Waals surface area contributed by atoms with Gasteiger partial charge in [-0.25, -0.2) is 0 Å². The quantitative estimate of drug-likeness (QED) is 0.933. The van der Waals surface area contributed by atoms with E-state index in [0.717, 1.165) is 0 Å². The summed E-state index contributed by atoms with van der Waals surface area (Å²) in [6.45, 7) is 1.53. The predicted molar refractivity (Wildman–Crippen MR) is 73.2 cm³/mol. The van der Waals surface area contributed by atoms with Crippen LogP contribution in [0.2, 0.25) is 0 Å².